The lowest BCUT2D eigenvalue weighted by Gasteiger charge is -1.99. The van der Waals surface area contributed by atoms with Crippen molar-refractivity contribution in [1.82, 2.24) is 0 Å². The molecule has 2 aromatic rings. The van der Waals surface area contributed by atoms with Crippen molar-refractivity contribution in [2.45, 2.75) is 6.92 Å². The molecule has 0 heterocycles. The lowest BCUT2D eigenvalue weighted by molar-refractivity contribution is 0.0526. The van der Waals surface area contributed by atoms with E-state index in [4.69, 9.17) is 9.84 Å². The van der Waals surface area contributed by atoms with Crippen LogP contribution in [-0.2, 0) is 4.74 Å². The molecule has 0 radical (unpaired) electrons. The molecule has 4 heteroatoms. The highest BCUT2D eigenvalue weighted by Gasteiger charge is 2.02. The number of rotatable bonds is 4. The van der Waals surface area contributed by atoms with Crippen molar-refractivity contribution in [3.63, 3.8) is 0 Å². The first-order chi connectivity index (χ1) is 10.2. The Bertz CT molecular complexity index is 550. The molecule has 0 bridgehead atoms. The molecule has 2 rings (SSSR count). The number of ketones is 1. The fourth-order valence-electron chi connectivity index (χ4n) is 1.50. The molecule has 0 saturated heterocycles. The van der Waals surface area contributed by atoms with Gasteiger partial charge in [0.05, 0.1) is 12.2 Å². The zero-order valence-corrected chi connectivity index (χ0v) is 11.9. The second-order valence-electron chi connectivity index (χ2n) is 4.03. The Morgan fingerprint density at radius 2 is 1.38 bits per heavy atom. The van der Waals surface area contributed by atoms with Gasteiger partial charge in [0, 0.05) is 5.56 Å². The van der Waals surface area contributed by atoms with Crippen LogP contribution in [0, 0.1) is 0 Å². The van der Waals surface area contributed by atoms with Crippen molar-refractivity contribution in [2.75, 3.05) is 13.2 Å². The number of aliphatic hydroxyl groups excluding tert-OH is 1. The van der Waals surface area contributed by atoms with Gasteiger partial charge in [-0.15, -0.1) is 0 Å². The van der Waals surface area contributed by atoms with E-state index in [1.165, 1.54) is 0 Å². The van der Waals surface area contributed by atoms with Gasteiger partial charge in [0.2, 0.25) is 0 Å². The number of Topliss-reactive ketones (excluding diaryl/α,β-unsaturated/α-hetero) is 1. The summed E-state index contributed by atoms with van der Waals surface area (Å²) in [4.78, 5) is 21.8. The molecule has 110 valence electrons. The number of hydrogen-bond acceptors (Lipinski definition) is 4. The van der Waals surface area contributed by atoms with Crippen molar-refractivity contribution >= 4 is 11.8 Å². The molecule has 0 aliphatic heterocycles. The molecule has 0 spiro atoms. The highest BCUT2D eigenvalue weighted by atomic mass is 16.5. The molecule has 0 unspecified atom stereocenters. The number of carbonyl (C=O) groups excluding carboxylic acids is 2. The summed E-state index contributed by atoms with van der Waals surface area (Å²) in [7, 11) is 0. The molecule has 0 amide bonds. The van der Waals surface area contributed by atoms with Crippen molar-refractivity contribution in [3.05, 3.63) is 71.8 Å². The maximum absolute atomic E-state index is 11.0. The number of esters is 1. The third-order valence-electron chi connectivity index (χ3n) is 2.52. The van der Waals surface area contributed by atoms with Gasteiger partial charge in [0.1, 0.15) is 6.61 Å². The highest BCUT2D eigenvalue weighted by molar-refractivity contribution is 5.96. The maximum atomic E-state index is 11.0. The Kier molecular flexibility index (Phi) is 7.46. The third kappa shape index (κ3) is 6.01. The Morgan fingerprint density at radius 3 is 1.81 bits per heavy atom. The van der Waals surface area contributed by atoms with E-state index < -0.39 is 6.61 Å². The van der Waals surface area contributed by atoms with Gasteiger partial charge in [-0.3, -0.25) is 4.79 Å². The van der Waals surface area contributed by atoms with Crippen LogP contribution < -0.4 is 0 Å². The lowest BCUT2D eigenvalue weighted by atomic mass is 10.1. The van der Waals surface area contributed by atoms with Gasteiger partial charge in [0.25, 0.3) is 0 Å². The molecule has 0 fully saturated rings. The van der Waals surface area contributed by atoms with Crippen molar-refractivity contribution in [2.24, 2.45) is 0 Å². The number of carbonyl (C=O) groups is 2. The molecule has 0 aromatic heterocycles. The summed E-state index contributed by atoms with van der Waals surface area (Å²) in [5.74, 6) is -0.492. The molecule has 21 heavy (non-hydrogen) atoms. The van der Waals surface area contributed by atoms with Crippen molar-refractivity contribution < 1.29 is 19.4 Å². The molecular formula is C17H18O4. The monoisotopic (exact) mass is 286 g/mol. The first-order valence-corrected chi connectivity index (χ1v) is 6.60. The zero-order chi connectivity index (χ0) is 15.5. The maximum Gasteiger partial charge on any atom is 0.338 e. The fourth-order valence-corrected chi connectivity index (χ4v) is 1.50. The molecule has 0 saturated carbocycles. The second-order valence-corrected chi connectivity index (χ2v) is 4.03. The molecule has 1 N–H and O–H groups in total. The predicted octanol–water partition coefficient (Wildman–Crippen LogP) is 2.72. The normalized spacial score (nSPS) is 9.24. The number of ether oxygens (including phenoxy) is 1. The van der Waals surface area contributed by atoms with Crippen LogP contribution in [0.5, 0.6) is 0 Å². The minimum absolute atomic E-state index is 0.236. The molecule has 4 nitrogen and oxygen atoms in total. The topological polar surface area (TPSA) is 63.6 Å². The van der Waals surface area contributed by atoms with Crippen molar-refractivity contribution in [1.29, 1.82) is 0 Å². The van der Waals surface area contributed by atoms with Crippen molar-refractivity contribution in [3.8, 4) is 0 Å². The molecule has 0 aliphatic carbocycles. The zero-order valence-electron chi connectivity index (χ0n) is 11.9. The van der Waals surface area contributed by atoms with E-state index in [1.807, 2.05) is 24.3 Å². The van der Waals surface area contributed by atoms with Crippen LogP contribution in [0.25, 0.3) is 0 Å². The summed E-state index contributed by atoms with van der Waals surface area (Å²) < 4.78 is 4.79. The summed E-state index contributed by atoms with van der Waals surface area (Å²) in [5.41, 5.74) is 1.17. The summed E-state index contributed by atoms with van der Waals surface area (Å²) in [6.45, 7) is 1.80. The van der Waals surface area contributed by atoms with E-state index in [0.29, 0.717) is 17.7 Å². The average molecular weight is 286 g/mol. The third-order valence-corrected chi connectivity index (χ3v) is 2.52. The van der Waals surface area contributed by atoms with Gasteiger partial charge in [0.15, 0.2) is 5.78 Å². The van der Waals surface area contributed by atoms with Crippen LogP contribution in [0.4, 0.5) is 0 Å². The number of benzene rings is 2. The smallest absolute Gasteiger partial charge is 0.338 e. The van der Waals surface area contributed by atoms with E-state index in [2.05, 4.69) is 0 Å². The van der Waals surface area contributed by atoms with Gasteiger partial charge in [-0.25, -0.2) is 4.79 Å². The van der Waals surface area contributed by atoms with Gasteiger partial charge < -0.3 is 9.84 Å². The highest BCUT2D eigenvalue weighted by Crippen LogP contribution is 2.00. The van der Waals surface area contributed by atoms with Crippen LogP contribution in [0.2, 0.25) is 0 Å². The van der Waals surface area contributed by atoms with E-state index in [-0.39, 0.29) is 11.8 Å². The first kappa shape index (κ1) is 16.6. The Balaban J connectivity index is 0.000000211. The van der Waals surface area contributed by atoms with Crippen LogP contribution in [0.15, 0.2) is 60.7 Å². The molecule has 0 aliphatic rings. The van der Waals surface area contributed by atoms with E-state index in [9.17, 15) is 9.59 Å². The lowest BCUT2D eigenvalue weighted by Crippen LogP contribution is -2.03. The van der Waals surface area contributed by atoms with Gasteiger partial charge in [-0.2, -0.15) is 0 Å². The minimum Gasteiger partial charge on any atom is -0.462 e. The fraction of sp³-hybridized carbons (Fsp3) is 0.176. The quantitative estimate of drug-likeness (QED) is 0.693. The second kappa shape index (κ2) is 9.44. The van der Waals surface area contributed by atoms with Crippen LogP contribution in [0.1, 0.15) is 27.6 Å². The standard InChI is InChI=1S/C9H10O2.C8H8O2/c1-2-11-9(10)8-6-4-3-5-7-8;9-6-8(10)7-4-2-1-3-5-7/h3-7H,2H2,1H3;1-5,9H,6H2. The SMILES string of the molecule is CCOC(=O)c1ccccc1.O=C(CO)c1ccccc1. The number of aliphatic hydroxyl groups is 1. The van der Waals surface area contributed by atoms with E-state index >= 15 is 0 Å². The molecule has 2 aromatic carbocycles. The molecule has 0 atom stereocenters. The van der Waals surface area contributed by atoms with Crippen LogP contribution >= 0.6 is 0 Å². The summed E-state index contributed by atoms with van der Waals surface area (Å²) in [6, 6.07) is 17.7. The summed E-state index contributed by atoms with van der Waals surface area (Å²) >= 11 is 0. The summed E-state index contributed by atoms with van der Waals surface area (Å²) in [5, 5.41) is 8.44. The average Bonchev–Trinajstić information content (AvgIpc) is 2.56. The Morgan fingerprint density at radius 1 is 0.905 bits per heavy atom. The number of hydrogen-bond donors (Lipinski definition) is 1. The Hall–Kier alpha value is -2.46. The van der Waals surface area contributed by atoms with E-state index in [0.717, 1.165) is 0 Å². The minimum atomic E-state index is -0.413. The van der Waals surface area contributed by atoms with Crippen LogP contribution in [0.3, 0.4) is 0 Å². The summed E-state index contributed by atoms with van der Waals surface area (Å²) in [6.07, 6.45) is 0. The van der Waals surface area contributed by atoms with E-state index in [1.54, 1.807) is 43.3 Å². The predicted molar refractivity (Wildman–Crippen MR) is 80.3 cm³/mol. The van der Waals surface area contributed by atoms with Gasteiger partial charge in [-0.05, 0) is 19.1 Å². The van der Waals surface area contributed by atoms with Gasteiger partial charge in [-0.1, -0.05) is 48.5 Å². The Labute approximate surface area is 124 Å². The van der Waals surface area contributed by atoms with Crippen LogP contribution in [-0.4, -0.2) is 30.1 Å². The van der Waals surface area contributed by atoms with Gasteiger partial charge >= 0.3 is 5.97 Å². The molecular weight excluding hydrogens is 268 g/mol. The largest absolute Gasteiger partial charge is 0.462 e. The first-order valence-electron chi connectivity index (χ1n) is 6.60.